The van der Waals surface area contributed by atoms with Gasteiger partial charge in [0.2, 0.25) is 5.75 Å². The molecule has 1 N–H and O–H groups in total. The van der Waals surface area contributed by atoms with Crippen LogP contribution in [0.15, 0.2) is 41.1 Å². The van der Waals surface area contributed by atoms with E-state index in [9.17, 15) is 0 Å². The lowest BCUT2D eigenvalue weighted by Crippen LogP contribution is -2.01. The lowest BCUT2D eigenvalue weighted by Gasteiger charge is -2.16. The van der Waals surface area contributed by atoms with Crippen LogP contribution in [-0.2, 0) is 0 Å². The summed E-state index contributed by atoms with van der Waals surface area (Å²) in [5.74, 6) is 2.20. The first kappa shape index (κ1) is 16.3. The smallest absolute Gasteiger partial charge is 0.204 e. The second-order valence-corrected chi connectivity index (χ2v) is 5.81. The SMILES string of the molecule is COc1cc2ncnc(Nc3ccc(Br)cc3)c2c(OC)c1OC. The van der Waals surface area contributed by atoms with Crippen molar-refractivity contribution >= 4 is 38.3 Å². The number of rotatable bonds is 5. The van der Waals surface area contributed by atoms with Gasteiger partial charge in [0.1, 0.15) is 12.1 Å². The van der Waals surface area contributed by atoms with Gasteiger partial charge >= 0.3 is 0 Å². The summed E-state index contributed by atoms with van der Waals surface area (Å²) in [4.78, 5) is 8.67. The number of aromatic nitrogens is 2. The van der Waals surface area contributed by atoms with E-state index in [1.54, 1.807) is 27.4 Å². The van der Waals surface area contributed by atoms with Gasteiger partial charge in [0.25, 0.3) is 0 Å². The fraction of sp³-hybridized carbons (Fsp3) is 0.176. The normalized spacial score (nSPS) is 10.5. The Balaban J connectivity index is 2.19. The van der Waals surface area contributed by atoms with Gasteiger partial charge in [-0.05, 0) is 24.3 Å². The Morgan fingerprint density at radius 1 is 0.917 bits per heavy atom. The Morgan fingerprint density at radius 3 is 2.25 bits per heavy atom. The van der Waals surface area contributed by atoms with Crippen molar-refractivity contribution in [1.29, 1.82) is 0 Å². The first-order chi connectivity index (χ1) is 11.7. The van der Waals surface area contributed by atoms with Crippen molar-refractivity contribution in [2.45, 2.75) is 0 Å². The van der Waals surface area contributed by atoms with Gasteiger partial charge in [0.05, 0.1) is 32.2 Å². The molecule has 0 aliphatic carbocycles. The molecule has 0 aliphatic rings. The topological polar surface area (TPSA) is 65.5 Å². The van der Waals surface area contributed by atoms with Crippen molar-refractivity contribution in [3.8, 4) is 17.2 Å². The summed E-state index contributed by atoms with van der Waals surface area (Å²) < 4.78 is 17.4. The average molecular weight is 390 g/mol. The minimum atomic E-state index is 0.501. The largest absolute Gasteiger partial charge is 0.493 e. The molecular formula is C17H16BrN3O3. The molecule has 0 fully saturated rings. The van der Waals surface area contributed by atoms with Crippen molar-refractivity contribution in [2.75, 3.05) is 26.6 Å². The lowest BCUT2D eigenvalue weighted by molar-refractivity contribution is 0.327. The Bertz CT molecular complexity index is 869. The Morgan fingerprint density at radius 2 is 1.62 bits per heavy atom. The Labute approximate surface area is 147 Å². The molecule has 7 heteroatoms. The number of benzene rings is 2. The van der Waals surface area contributed by atoms with Crippen LogP contribution in [0.4, 0.5) is 11.5 Å². The van der Waals surface area contributed by atoms with E-state index in [0.29, 0.717) is 28.6 Å². The van der Waals surface area contributed by atoms with E-state index >= 15 is 0 Å². The minimum Gasteiger partial charge on any atom is -0.493 e. The molecular weight excluding hydrogens is 374 g/mol. The maximum absolute atomic E-state index is 5.56. The molecule has 124 valence electrons. The summed E-state index contributed by atoms with van der Waals surface area (Å²) in [5, 5.41) is 4.01. The van der Waals surface area contributed by atoms with Gasteiger partial charge in [-0.25, -0.2) is 9.97 Å². The van der Waals surface area contributed by atoms with E-state index in [-0.39, 0.29) is 0 Å². The van der Waals surface area contributed by atoms with E-state index < -0.39 is 0 Å². The molecule has 0 radical (unpaired) electrons. The fourth-order valence-corrected chi connectivity index (χ4v) is 2.72. The quantitative estimate of drug-likeness (QED) is 0.706. The summed E-state index contributed by atoms with van der Waals surface area (Å²) in [6.07, 6.45) is 1.49. The Hall–Kier alpha value is -2.54. The Kier molecular flexibility index (Phi) is 4.71. The average Bonchev–Trinajstić information content (AvgIpc) is 2.62. The molecule has 0 spiro atoms. The molecule has 0 aliphatic heterocycles. The predicted molar refractivity (Wildman–Crippen MR) is 96.6 cm³/mol. The van der Waals surface area contributed by atoms with E-state index in [2.05, 4.69) is 31.2 Å². The van der Waals surface area contributed by atoms with Crippen LogP contribution < -0.4 is 19.5 Å². The summed E-state index contributed by atoms with van der Waals surface area (Å²) in [6.45, 7) is 0. The number of nitrogens with one attached hydrogen (secondary N) is 1. The predicted octanol–water partition coefficient (Wildman–Crippen LogP) is 4.16. The van der Waals surface area contributed by atoms with Crippen LogP contribution in [0.25, 0.3) is 10.9 Å². The summed E-state index contributed by atoms with van der Waals surface area (Å²) in [7, 11) is 4.72. The van der Waals surface area contributed by atoms with Gasteiger partial charge < -0.3 is 19.5 Å². The number of halogens is 1. The van der Waals surface area contributed by atoms with E-state index in [4.69, 9.17) is 14.2 Å². The second kappa shape index (κ2) is 6.92. The lowest BCUT2D eigenvalue weighted by atomic mass is 10.1. The maximum atomic E-state index is 5.56. The third-order valence-electron chi connectivity index (χ3n) is 3.54. The van der Waals surface area contributed by atoms with Crippen molar-refractivity contribution in [2.24, 2.45) is 0 Å². The molecule has 0 saturated carbocycles. The molecule has 24 heavy (non-hydrogen) atoms. The third-order valence-corrected chi connectivity index (χ3v) is 4.07. The molecule has 3 aromatic rings. The number of hydrogen-bond donors (Lipinski definition) is 1. The molecule has 0 unspecified atom stereocenters. The van der Waals surface area contributed by atoms with Crippen LogP contribution in [0.2, 0.25) is 0 Å². The first-order valence-corrected chi connectivity index (χ1v) is 7.93. The second-order valence-electron chi connectivity index (χ2n) is 4.89. The van der Waals surface area contributed by atoms with Gasteiger partial charge in [-0.1, -0.05) is 15.9 Å². The molecule has 1 heterocycles. The number of methoxy groups -OCH3 is 3. The van der Waals surface area contributed by atoms with Crippen molar-refractivity contribution < 1.29 is 14.2 Å². The third kappa shape index (κ3) is 2.94. The molecule has 0 atom stereocenters. The zero-order valence-corrected chi connectivity index (χ0v) is 15.0. The van der Waals surface area contributed by atoms with E-state index in [1.165, 1.54) is 6.33 Å². The van der Waals surface area contributed by atoms with Crippen LogP contribution in [-0.4, -0.2) is 31.3 Å². The molecule has 0 bridgehead atoms. The highest BCUT2D eigenvalue weighted by molar-refractivity contribution is 9.10. The van der Waals surface area contributed by atoms with Gasteiger partial charge in [0.15, 0.2) is 11.5 Å². The number of hydrogen-bond acceptors (Lipinski definition) is 6. The number of nitrogens with zero attached hydrogens (tertiary/aromatic N) is 2. The summed E-state index contributed by atoms with van der Waals surface area (Å²) >= 11 is 3.42. The monoisotopic (exact) mass is 389 g/mol. The van der Waals surface area contributed by atoms with Crippen LogP contribution in [0, 0.1) is 0 Å². The number of anilines is 2. The highest BCUT2D eigenvalue weighted by Crippen LogP contribution is 2.45. The van der Waals surface area contributed by atoms with Crippen molar-refractivity contribution in [3.05, 3.63) is 41.1 Å². The van der Waals surface area contributed by atoms with E-state index in [0.717, 1.165) is 15.5 Å². The van der Waals surface area contributed by atoms with Crippen molar-refractivity contribution in [3.63, 3.8) is 0 Å². The van der Waals surface area contributed by atoms with Gasteiger partial charge in [0, 0.05) is 16.2 Å². The molecule has 6 nitrogen and oxygen atoms in total. The highest BCUT2D eigenvalue weighted by atomic mass is 79.9. The van der Waals surface area contributed by atoms with E-state index in [1.807, 2.05) is 24.3 Å². The maximum Gasteiger partial charge on any atom is 0.204 e. The first-order valence-electron chi connectivity index (χ1n) is 7.14. The molecule has 0 amide bonds. The molecule has 0 saturated heterocycles. The van der Waals surface area contributed by atoms with Crippen molar-refractivity contribution in [1.82, 2.24) is 9.97 Å². The number of fused-ring (bicyclic) bond motifs is 1. The number of ether oxygens (including phenoxy) is 3. The van der Waals surface area contributed by atoms with Gasteiger partial charge in [-0.15, -0.1) is 0 Å². The van der Waals surface area contributed by atoms with Crippen LogP contribution >= 0.6 is 15.9 Å². The zero-order chi connectivity index (χ0) is 17.1. The fourth-order valence-electron chi connectivity index (χ4n) is 2.45. The van der Waals surface area contributed by atoms with Gasteiger partial charge in [-0.2, -0.15) is 0 Å². The van der Waals surface area contributed by atoms with Gasteiger partial charge in [-0.3, -0.25) is 0 Å². The molecule has 2 aromatic carbocycles. The molecule has 1 aromatic heterocycles. The highest BCUT2D eigenvalue weighted by Gasteiger charge is 2.20. The molecule has 3 rings (SSSR count). The van der Waals surface area contributed by atoms with Crippen LogP contribution in [0.1, 0.15) is 0 Å². The standard InChI is InChI=1S/C17H16BrN3O3/c1-22-13-8-12-14(16(24-3)15(13)23-2)17(20-9-19-12)21-11-6-4-10(18)5-7-11/h4-9H,1-3H3,(H,19,20,21). The van der Waals surface area contributed by atoms with Crippen LogP contribution in [0.3, 0.4) is 0 Å². The zero-order valence-electron chi connectivity index (χ0n) is 13.5. The summed E-state index contributed by atoms with van der Waals surface area (Å²) in [5.41, 5.74) is 1.59. The van der Waals surface area contributed by atoms with Crippen LogP contribution in [0.5, 0.6) is 17.2 Å². The summed E-state index contributed by atoms with van der Waals surface area (Å²) in [6, 6.07) is 9.60. The minimum absolute atomic E-state index is 0.501.